The highest BCUT2D eigenvalue weighted by Gasteiger charge is 2.26. The second-order valence-corrected chi connectivity index (χ2v) is 6.62. The molecule has 0 radical (unpaired) electrons. The first-order chi connectivity index (χ1) is 8.79. The van der Waals surface area contributed by atoms with Crippen LogP contribution in [0.5, 0.6) is 0 Å². The first-order valence-electron chi connectivity index (χ1n) is 8.24. The Labute approximate surface area is 114 Å². The van der Waals surface area contributed by atoms with Gasteiger partial charge in [-0.1, -0.05) is 26.7 Å². The minimum atomic E-state index is 0.818. The minimum Gasteiger partial charge on any atom is -0.316 e. The molecular weight excluding hydrogens is 220 g/mol. The van der Waals surface area contributed by atoms with Crippen LogP contribution in [0.1, 0.15) is 58.8 Å². The largest absolute Gasteiger partial charge is 0.316 e. The Bertz CT molecular complexity index is 221. The van der Waals surface area contributed by atoms with Gasteiger partial charge in [0.25, 0.3) is 0 Å². The lowest BCUT2D eigenvalue weighted by atomic mass is 9.82. The van der Waals surface area contributed by atoms with Crippen molar-refractivity contribution < 1.29 is 0 Å². The van der Waals surface area contributed by atoms with Gasteiger partial charge in [0.2, 0.25) is 0 Å². The SMILES string of the molecule is CCCC1CCC(N2CCCNCC(C)C2)CC1. The van der Waals surface area contributed by atoms with Crippen molar-refractivity contribution in [2.45, 2.75) is 64.8 Å². The van der Waals surface area contributed by atoms with Gasteiger partial charge in [-0.05, 0) is 63.6 Å². The first-order valence-corrected chi connectivity index (χ1v) is 8.24. The molecule has 1 aliphatic heterocycles. The second-order valence-electron chi connectivity index (χ2n) is 6.62. The van der Waals surface area contributed by atoms with Crippen LogP contribution in [-0.2, 0) is 0 Å². The van der Waals surface area contributed by atoms with Crippen LogP contribution in [0.2, 0.25) is 0 Å². The van der Waals surface area contributed by atoms with E-state index in [0.717, 1.165) is 17.9 Å². The molecule has 2 rings (SSSR count). The Balaban J connectivity index is 1.79. The quantitative estimate of drug-likeness (QED) is 0.829. The smallest absolute Gasteiger partial charge is 0.00955 e. The van der Waals surface area contributed by atoms with Crippen molar-refractivity contribution in [1.82, 2.24) is 10.2 Å². The van der Waals surface area contributed by atoms with Crippen molar-refractivity contribution in [3.05, 3.63) is 0 Å². The molecule has 106 valence electrons. The average Bonchev–Trinajstić information content (AvgIpc) is 2.35. The molecular formula is C16H32N2. The normalized spacial score (nSPS) is 36.0. The van der Waals surface area contributed by atoms with Crippen molar-refractivity contribution in [3.8, 4) is 0 Å². The van der Waals surface area contributed by atoms with Crippen LogP contribution >= 0.6 is 0 Å². The zero-order chi connectivity index (χ0) is 12.8. The average molecular weight is 252 g/mol. The number of nitrogens with one attached hydrogen (secondary N) is 1. The number of nitrogens with zero attached hydrogens (tertiary/aromatic N) is 1. The standard InChI is InChI=1S/C16H32N2/c1-3-5-15-6-8-16(9-7-15)18-11-4-10-17-12-14(2)13-18/h14-17H,3-13H2,1-2H3. The van der Waals surface area contributed by atoms with E-state index in [9.17, 15) is 0 Å². The van der Waals surface area contributed by atoms with E-state index in [2.05, 4.69) is 24.1 Å². The van der Waals surface area contributed by atoms with E-state index >= 15 is 0 Å². The molecule has 2 fully saturated rings. The fourth-order valence-corrected chi connectivity index (χ4v) is 3.85. The van der Waals surface area contributed by atoms with Crippen molar-refractivity contribution in [2.24, 2.45) is 11.8 Å². The van der Waals surface area contributed by atoms with Gasteiger partial charge in [0, 0.05) is 12.6 Å². The van der Waals surface area contributed by atoms with Gasteiger partial charge in [-0.2, -0.15) is 0 Å². The lowest BCUT2D eigenvalue weighted by Crippen LogP contribution is -2.45. The molecule has 0 aromatic carbocycles. The van der Waals surface area contributed by atoms with Crippen LogP contribution in [0.25, 0.3) is 0 Å². The summed E-state index contributed by atoms with van der Waals surface area (Å²) in [5.41, 5.74) is 0. The number of hydrogen-bond donors (Lipinski definition) is 1. The highest BCUT2D eigenvalue weighted by atomic mass is 15.2. The fourth-order valence-electron chi connectivity index (χ4n) is 3.85. The van der Waals surface area contributed by atoms with Gasteiger partial charge in [-0.3, -0.25) is 0 Å². The van der Waals surface area contributed by atoms with Crippen molar-refractivity contribution in [2.75, 3.05) is 26.2 Å². The Morgan fingerprint density at radius 1 is 1.17 bits per heavy atom. The molecule has 1 N–H and O–H groups in total. The Hall–Kier alpha value is -0.0800. The van der Waals surface area contributed by atoms with Gasteiger partial charge in [-0.25, -0.2) is 0 Å². The summed E-state index contributed by atoms with van der Waals surface area (Å²) in [5.74, 6) is 1.86. The summed E-state index contributed by atoms with van der Waals surface area (Å²) in [6, 6.07) is 0.902. The third-order valence-corrected chi connectivity index (χ3v) is 4.87. The van der Waals surface area contributed by atoms with Crippen molar-refractivity contribution in [1.29, 1.82) is 0 Å². The maximum Gasteiger partial charge on any atom is 0.00955 e. The van der Waals surface area contributed by atoms with Gasteiger partial charge in [-0.15, -0.1) is 0 Å². The Kier molecular flexibility index (Phi) is 5.97. The monoisotopic (exact) mass is 252 g/mol. The molecule has 18 heavy (non-hydrogen) atoms. The van der Waals surface area contributed by atoms with E-state index in [4.69, 9.17) is 0 Å². The summed E-state index contributed by atoms with van der Waals surface area (Å²) in [6.07, 6.45) is 10.1. The highest BCUT2D eigenvalue weighted by molar-refractivity contribution is 4.82. The summed E-state index contributed by atoms with van der Waals surface area (Å²) in [5, 5.41) is 3.56. The van der Waals surface area contributed by atoms with E-state index in [-0.39, 0.29) is 0 Å². The van der Waals surface area contributed by atoms with Crippen LogP contribution < -0.4 is 5.32 Å². The molecule has 2 nitrogen and oxygen atoms in total. The molecule has 0 amide bonds. The first kappa shape index (κ1) is 14.3. The predicted molar refractivity (Wildman–Crippen MR) is 78.9 cm³/mol. The van der Waals surface area contributed by atoms with Gasteiger partial charge in [0.1, 0.15) is 0 Å². The van der Waals surface area contributed by atoms with Crippen molar-refractivity contribution in [3.63, 3.8) is 0 Å². The van der Waals surface area contributed by atoms with E-state index in [0.29, 0.717) is 0 Å². The fraction of sp³-hybridized carbons (Fsp3) is 1.00. The van der Waals surface area contributed by atoms with Crippen LogP contribution in [0.4, 0.5) is 0 Å². The summed E-state index contributed by atoms with van der Waals surface area (Å²) in [6.45, 7) is 9.79. The minimum absolute atomic E-state index is 0.818. The molecule has 0 bridgehead atoms. The van der Waals surface area contributed by atoms with E-state index in [1.54, 1.807) is 0 Å². The van der Waals surface area contributed by atoms with E-state index < -0.39 is 0 Å². The summed E-state index contributed by atoms with van der Waals surface area (Å²) in [7, 11) is 0. The number of rotatable bonds is 3. The van der Waals surface area contributed by atoms with Crippen LogP contribution in [-0.4, -0.2) is 37.1 Å². The van der Waals surface area contributed by atoms with Gasteiger partial charge in [0.05, 0.1) is 0 Å². The third kappa shape index (κ3) is 4.24. The van der Waals surface area contributed by atoms with E-state index in [1.807, 2.05) is 0 Å². The van der Waals surface area contributed by atoms with Gasteiger partial charge < -0.3 is 10.2 Å². The molecule has 1 unspecified atom stereocenters. The third-order valence-electron chi connectivity index (χ3n) is 4.87. The Morgan fingerprint density at radius 3 is 2.67 bits per heavy atom. The van der Waals surface area contributed by atoms with Gasteiger partial charge >= 0.3 is 0 Å². The van der Waals surface area contributed by atoms with Crippen LogP contribution in [0.3, 0.4) is 0 Å². The van der Waals surface area contributed by atoms with Gasteiger partial charge in [0.15, 0.2) is 0 Å². The lowest BCUT2D eigenvalue weighted by Gasteiger charge is -2.39. The molecule has 2 heteroatoms. The summed E-state index contributed by atoms with van der Waals surface area (Å²) in [4.78, 5) is 2.81. The molecule has 0 aromatic rings. The molecule has 1 saturated heterocycles. The molecule has 1 saturated carbocycles. The summed E-state index contributed by atoms with van der Waals surface area (Å²) < 4.78 is 0. The zero-order valence-electron chi connectivity index (χ0n) is 12.5. The second kappa shape index (κ2) is 7.49. The molecule has 0 aromatic heterocycles. The topological polar surface area (TPSA) is 15.3 Å². The lowest BCUT2D eigenvalue weighted by molar-refractivity contribution is 0.109. The molecule has 1 heterocycles. The summed E-state index contributed by atoms with van der Waals surface area (Å²) >= 11 is 0. The molecule has 1 aliphatic carbocycles. The molecule has 2 aliphatic rings. The zero-order valence-corrected chi connectivity index (χ0v) is 12.5. The molecule has 0 spiro atoms. The van der Waals surface area contributed by atoms with Crippen molar-refractivity contribution >= 4 is 0 Å². The maximum atomic E-state index is 3.56. The van der Waals surface area contributed by atoms with Crippen LogP contribution in [0, 0.1) is 11.8 Å². The Morgan fingerprint density at radius 2 is 1.94 bits per heavy atom. The maximum absolute atomic E-state index is 3.56. The predicted octanol–water partition coefficient (Wildman–Crippen LogP) is 3.28. The number of hydrogen-bond acceptors (Lipinski definition) is 2. The highest BCUT2D eigenvalue weighted by Crippen LogP contribution is 2.30. The van der Waals surface area contributed by atoms with E-state index in [1.165, 1.54) is 71.1 Å². The molecule has 1 atom stereocenters. The van der Waals surface area contributed by atoms with Crippen LogP contribution in [0.15, 0.2) is 0 Å².